The first-order valence-electron chi connectivity index (χ1n) is 5.34. The first-order valence-corrected chi connectivity index (χ1v) is 6.15. The molecule has 3 N–H and O–H groups in total. The average molecular weight is 260 g/mol. The van der Waals surface area contributed by atoms with E-state index in [9.17, 15) is 9.59 Å². The summed E-state index contributed by atoms with van der Waals surface area (Å²) >= 11 is 1.44. The summed E-state index contributed by atoms with van der Waals surface area (Å²) < 4.78 is 0. The van der Waals surface area contributed by atoms with Gasteiger partial charge in [-0.25, -0.2) is 0 Å². The fourth-order valence-electron chi connectivity index (χ4n) is 1.47. The number of aryl methyl sites for hydroxylation is 1. The van der Waals surface area contributed by atoms with E-state index in [2.05, 4.69) is 5.32 Å². The first-order chi connectivity index (χ1) is 8.56. The van der Waals surface area contributed by atoms with Crippen molar-refractivity contribution in [2.75, 3.05) is 5.32 Å². The third kappa shape index (κ3) is 2.75. The Morgan fingerprint density at radius 3 is 2.28 bits per heavy atom. The summed E-state index contributed by atoms with van der Waals surface area (Å²) in [5.74, 6) is -0.637. The van der Waals surface area contributed by atoms with Crippen molar-refractivity contribution in [2.24, 2.45) is 5.73 Å². The minimum atomic E-state index is -0.484. The molecule has 0 unspecified atom stereocenters. The van der Waals surface area contributed by atoms with Gasteiger partial charge in [-0.1, -0.05) is 0 Å². The van der Waals surface area contributed by atoms with Crippen LogP contribution >= 0.6 is 11.3 Å². The number of nitrogens with two attached hydrogens (primary N) is 1. The molecular weight excluding hydrogens is 248 g/mol. The van der Waals surface area contributed by atoms with Crippen LogP contribution in [-0.4, -0.2) is 11.8 Å². The van der Waals surface area contributed by atoms with Gasteiger partial charge >= 0.3 is 0 Å². The van der Waals surface area contributed by atoms with Crippen molar-refractivity contribution < 1.29 is 9.59 Å². The van der Waals surface area contributed by atoms with Gasteiger partial charge in [-0.2, -0.15) is 0 Å². The zero-order chi connectivity index (χ0) is 13.1. The number of carbonyl (C=O) groups excluding carboxylic acids is 2. The molecule has 1 aromatic heterocycles. The maximum Gasteiger partial charge on any atom is 0.265 e. The topological polar surface area (TPSA) is 72.2 Å². The Morgan fingerprint density at radius 1 is 1.11 bits per heavy atom. The highest BCUT2D eigenvalue weighted by Gasteiger charge is 2.08. The molecule has 5 heteroatoms. The first kappa shape index (κ1) is 12.3. The Morgan fingerprint density at radius 2 is 1.78 bits per heavy atom. The van der Waals surface area contributed by atoms with Gasteiger partial charge in [0.05, 0.1) is 4.88 Å². The van der Waals surface area contributed by atoms with Crippen molar-refractivity contribution in [2.45, 2.75) is 6.92 Å². The predicted octanol–water partition coefficient (Wildman–Crippen LogP) is 2.41. The van der Waals surface area contributed by atoms with Crippen LogP contribution in [0.3, 0.4) is 0 Å². The van der Waals surface area contributed by atoms with Gasteiger partial charge in [0, 0.05) is 16.1 Å². The number of rotatable bonds is 3. The average Bonchev–Trinajstić information content (AvgIpc) is 2.76. The lowest BCUT2D eigenvalue weighted by atomic mass is 10.2. The van der Waals surface area contributed by atoms with Gasteiger partial charge in [0.15, 0.2) is 0 Å². The Kier molecular flexibility index (Phi) is 3.43. The molecular formula is C13H12N2O2S. The summed E-state index contributed by atoms with van der Waals surface area (Å²) in [5, 5.41) is 2.76. The SMILES string of the molecule is Cc1ccc(C(=O)Nc2ccc(C(N)=O)cc2)s1. The number of carbonyl (C=O) groups is 2. The Balaban J connectivity index is 2.10. The monoisotopic (exact) mass is 260 g/mol. The second-order valence-corrected chi connectivity index (χ2v) is 5.09. The molecule has 0 atom stereocenters. The van der Waals surface area contributed by atoms with Gasteiger partial charge in [0.1, 0.15) is 0 Å². The van der Waals surface area contributed by atoms with Crippen molar-refractivity contribution in [3.05, 3.63) is 51.7 Å². The van der Waals surface area contributed by atoms with Crippen LogP contribution < -0.4 is 11.1 Å². The van der Waals surface area contributed by atoms with Gasteiger partial charge in [-0.05, 0) is 43.3 Å². The summed E-state index contributed by atoms with van der Waals surface area (Å²) in [7, 11) is 0. The van der Waals surface area contributed by atoms with Crippen molar-refractivity contribution in [3.63, 3.8) is 0 Å². The largest absolute Gasteiger partial charge is 0.366 e. The van der Waals surface area contributed by atoms with E-state index in [1.807, 2.05) is 13.0 Å². The van der Waals surface area contributed by atoms with E-state index in [1.54, 1.807) is 30.3 Å². The normalized spacial score (nSPS) is 10.1. The van der Waals surface area contributed by atoms with Crippen LogP contribution in [0.1, 0.15) is 24.9 Å². The number of hydrogen-bond donors (Lipinski definition) is 2. The zero-order valence-electron chi connectivity index (χ0n) is 9.77. The molecule has 2 rings (SSSR count). The quantitative estimate of drug-likeness (QED) is 0.889. The van der Waals surface area contributed by atoms with E-state index in [-0.39, 0.29) is 5.91 Å². The van der Waals surface area contributed by atoms with Crippen LogP contribution in [0, 0.1) is 6.92 Å². The lowest BCUT2D eigenvalue weighted by Crippen LogP contribution is -2.12. The molecule has 92 valence electrons. The molecule has 1 aromatic carbocycles. The van der Waals surface area contributed by atoms with Gasteiger partial charge < -0.3 is 11.1 Å². The standard InChI is InChI=1S/C13H12N2O2S/c1-8-2-7-11(18-8)13(17)15-10-5-3-9(4-6-10)12(14)16/h2-7H,1H3,(H2,14,16)(H,15,17). The second-order valence-electron chi connectivity index (χ2n) is 3.81. The van der Waals surface area contributed by atoms with Crippen LogP contribution in [0.15, 0.2) is 36.4 Å². The molecule has 0 aliphatic heterocycles. The highest BCUT2D eigenvalue weighted by molar-refractivity contribution is 7.14. The maximum absolute atomic E-state index is 11.9. The summed E-state index contributed by atoms with van der Waals surface area (Å²) in [6, 6.07) is 10.1. The van der Waals surface area contributed by atoms with Crippen LogP contribution in [0.5, 0.6) is 0 Å². The summed E-state index contributed by atoms with van der Waals surface area (Å²) in [4.78, 5) is 24.5. The molecule has 1 heterocycles. The predicted molar refractivity (Wildman–Crippen MR) is 72.0 cm³/mol. The lowest BCUT2D eigenvalue weighted by Gasteiger charge is -2.03. The number of primary amides is 1. The fraction of sp³-hybridized carbons (Fsp3) is 0.0769. The highest BCUT2D eigenvalue weighted by atomic mass is 32.1. The molecule has 18 heavy (non-hydrogen) atoms. The number of benzene rings is 1. The van der Waals surface area contributed by atoms with E-state index >= 15 is 0 Å². The van der Waals surface area contributed by atoms with Gasteiger partial charge in [-0.15, -0.1) is 11.3 Å². The molecule has 0 radical (unpaired) electrons. The number of amides is 2. The summed E-state index contributed by atoms with van der Waals surface area (Å²) in [6.07, 6.45) is 0. The second kappa shape index (κ2) is 5.01. The Hall–Kier alpha value is -2.14. The number of anilines is 1. The molecule has 0 spiro atoms. The molecule has 2 aromatic rings. The molecule has 0 saturated carbocycles. The molecule has 0 aliphatic rings. The number of nitrogens with one attached hydrogen (secondary N) is 1. The van der Waals surface area contributed by atoms with Crippen molar-refractivity contribution in [1.82, 2.24) is 0 Å². The van der Waals surface area contributed by atoms with E-state index in [0.29, 0.717) is 16.1 Å². The van der Waals surface area contributed by atoms with Crippen molar-refractivity contribution in [3.8, 4) is 0 Å². The summed E-state index contributed by atoms with van der Waals surface area (Å²) in [6.45, 7) is 1.95. The minimum Gasteiger partial charge on any atom is -0.366 e. The van der Waals surface area contributed by atoms with Gasteiger partial charge in [-0.3, -0.25) is 9.59 Å². The van der Waals surface area contributed by atoms with Crippen molar-refractivity contribution >= 4 is 28.8 Å². The third-order valence-corrected chi connectivity index (χ3v) is 3.39. The molecule has 0 aliphatic carbocycles. The maximum atomic E-state index is 11.9. The number of hydrogen-bond acceptors (Lipinski definition) is 3. The molecule has 0 bridgehead atoms. The molecule has 2 amide bonds. The smallest absolute Gasteiger partial charge is 0.265 e. The fourth-order valence-corrected chi connectivity index (χ4v) is 2.23. The van der Waals surface area contributed by atoms with E-state index in [4.69, 9.17) is 5.73 Å². The van der Waals surface area contributed by atoms with E-state index < -0.39 is 5.91 Å². The number of thiophene rings is 1. The van der Waals surface area contributed by atoms with Crippen LogP contribution in [0.2, 0.25) is 0 Å². The Bertz CT molecular complexity index is 587. The minimum absolute atomic E-state index is 0.153. The Labute approximate surface area is 108 Å². The zero-order valence-corrected chi connectivity index (χ0v) is 10.6. The van der Waals surface area contributed by atoms with Crippen LogP contribution in [0.4, 0.5) is 5.69 Å². The molecule has 4 nitrogen and oxygen atoms in total. The van der Waals surface area contributed by atoms with Gasteiger partial charge in [0.25, 0.3) is 5.91 Å². The third-order valence-electron chi connectivity index (χ3n) is 2.39. The van der Waals surface area contributed by atoms with E-state index in [0.717, 1.165) is 4.88 Å². The molecule has 0 saturated heterocycles. The highest BCUT2D eigenvalue weighted by Crippen LogP contribution is 2.17. The summed E-state index contributed by atoms with van der Waals surface area (Å²) in [5.41, 5.74) is 6.19. The van der Waals surface area contributed by atoms with Crippen LogP contribution in [-0.2, 0) is 0 Å². The van der Waals surface area contributed by atoms with Crippen LogP contribution in [0.25, 0.3) is 0 Å². The lowest BCUT2D eigenvalue weighted by molar-refractivity contribution is 0.0998. The van der Waals surface area contributed by atoms with Crippen molar-refractivity contribution in [1.29, 1.82) is 0 Å². The molecule has 0 fully saturated rings. The van der Waals surface area contributed by atoms with Gasteiger partial charge in [0.2, 0.25) is 5.91 Å². The van der Waals surface area contributed by atoms with E-state index in [1.165, 1.54) is 11.3 Å².